The molecule has 1 N–H and O–H groups in total. The van der Waals surface area contributed by atoms with Gasteiger partial charge in [0.25, 0.3) is 0 Å². The average Bonchev–Trinajstić information content (AvgIpc) is 2.91. The van der Waals surface area contributed by atoms with Gasteiger partial charge < -0.3 is 14.4 Å². The fourth-order valence-electron chi connectivity index (χ4n) is 4.01. The number of hydrogen-bond donors (Lipinski definition) is 1. The number of aliphatic hydroxyl groups is 1. The van der Waals surface area contributed by atoms with Gasteiger partial charge in [-0.25, -0.2) is 0 Å². The van der Waals surface area contributed by atoms with Crippen molar-refractivity contribution in [3.63, 3.8) is 0 Å². The van der Waals surface area contributed by atoms with Crippen molar-refractivity contribution in [2.24, 2.45) is 5.92 Å². The van der Waals surface area contributed by atoms with E-state index >= 15 is 0 Å². The van der Waals surface area contributed by atoms with Crippen LogP contribution in [0.15, 0.2) is 0 Å². The maximum absolute atomic E-state index is 12.2. The molecule has 0 bridgehead atoms. The third kappa shape index (κ3) is 5.30. The minimum atomic E-state index is -1.82. The zero-order valence-corrected chi connectivity index (χ0v) is 18.0. The van der Waals surface area contributed by atoms with Crippen molar-refractivity contribution in [2.45, 2.75) is 102 Å². The van der Waals surface area contributed by atoms with E-state index in [0.29, 0.717) is 12.3 Å². The topological polar surface area (TPSA) is 49.8 Å². The Hall–Kier alpha value is -0.393. The summed E-state index contributed by atoms with van der Waals surface area (Å²) < 4.78 is 6.84. The number of carbonyl (C=O) groups is 1. The van der Waals surface area contributed by atoms with E-state index in [1.54, 1.807) is 0 Å². The Labute approximate surface area is 155 Å². The van der Waals surface area contributed by atoms with Crippen LogP contribution in [0.4, 0.5) is 0 Å². The van der Waals surface area contributed by atoms with Gasteiger partial charge in [-0.3, -0.25) is 4.79 Å². The van der Waals surface area contributed by atoms with Crippen LogP contribution in [-0.2, 0) is 9.22 Å². The smallest absolute Gasteiger partial charge is 0.222 e. The second kappa shape index (κ2) is 8.53. The summed E-state index contributed by atoms with van der Waals surface area (Å²) in [6.45, 7) is 12.4. The highest BCUT2D eigenvalue weighted by atomic mass is 28.4. The van der Waals surface area contributed by atoms with Gasteiger partial charge in [0.1, 0.15) is 0 Å². The number of aliphatic hydroxyl groups excluding tert-OH is 1. The molecule has 2 aliphatic rings. The van der Waals surface area contributed by atoms with Gasteiger partial charge in [-0.1, -0.05) is 40.0 Å². The lowest BCUT2D eigenvalue weighted by atomic mass is 9.84. The normalized spacial score (nSPS) is 24.8. The molecule has 1 saturated carbocycles. The van der Waals surface area contributed by atoms with Gasteiger partial charge in [-0.05, 0) is 49.7 Å². The van der Waals surface area contributed by atoms with E-state index in [1.165, 1.54) is 32.1 Å². The first-order valence-electron chi connectivity index (χ1n) is 10.2. The van der Waals surface area contributed by atoms with Crippen LogP contribution in [0, 0.1) is 5.92 Å². The van der Waals surface area contributed by atoms with Gasteiger partial charge in [-0.2, -0.15) is 0 Å². The molecule has 0 aromatic rings. The number of likely N-dealkylation sites (tertiary alicyclic amines) is 1. The Morgan fingerprint density at radius 2 is 1.84 bits per heavy atom. The molecule has 0 radical (unpaired) electrons. The van der Waals surface area contributed by atoms with Crippen molar-refractivity contribution < 1.29 is 14.3 Å². The highest BCUT2D eigenvalue weighted by Crippen LogP contribution is 2.40. The number of carbonyl (C=O) groups excluding carboxylic acids is 1. The number of nitrogens with zero attached hydrogens (tertiary/aromatic N) is 1. The second-order valence-corrected chi connectivity index (χ2v) is 14.3. The van der Waals surface area contributed by atoms with Crippen molar-refractivity contribution in [3.8, 4) is 0 Å². The molecule has 25 heavy (non-hydrogen) atoms. The van der Waals surface area contributed by atoms with Gasteiger partial charge >= 0.3 is 0 Å². The molecule has 2 fully saturated rings. The van der Waals surface area contributed by atoms with Gasteiger partial charge in [-0.15, -0.1) is 0 Å². The highest BCUT2D eigenvalue weighted by Gasteiger charge is 2.41. The highest BCUT2D eigenvalue weighted by molar-refractivity contribution is 6.74. The van der Waals surface area contributed by atoms with Crippen molar-refractivity contribution in [1.82, 2.24) is 4.90 Å². The molecule has 1 aliphatic carbocycles. The maximum atomic E-state index is 12.2. The molecule has 1 heterocycles. The summed E-state index contributed by atoms with van der Waals surface area (Å²) in [5, 5.41) is 9.75. The first-order chi connectivity index (χ1) is 11.7. The Bertz CT molecular complexity index is 441. The van der Waals surface area contributed by atoms with E-state index in [9.17, 15) is 9.90 Å². The summed E-state index contributed by atoms with van der Waals surface area (Å²) in [7, 11) is -1.82. The van der Waals surface area contributed by atoms with Gasteiger partial charge in [0.2, 0.25) is 5.91 Å². The van der Waals surface area contributed by atoms with Crippen molar-refractivity contribution in [2.75, 3.05) is 13.2 Å². The van der Waals surface area contributed by atoms with E-state index in [2.05, 4.69) is 33.9 Å². The molecule has 0 aromatic carbocycles. The molecule has 1 amide bonds. The predicted octanol–water partition coefficient (Wildman–Crippen LogP) is 4.33. The zero-order valence-electron chi connectivity index (χ0n) is 17.0. The maximum Gasteiger partial charge on any atom is 0.222 e. The minimum Gasteiger partial charge on any atom is -0.414 e. The second-order valence-electron chi connectivity index (χ2n) is 9.57. The molecule has 0 aromatic heterocycles. The van der Waals surface area contributed by atoms with Crippen molar-refractivity contribution >= 4 is 14.2 Å². The summed E-state index contributed by atoms with van der Waals surface area (Å²) >= 11 is 0. The molecule has 5 heteroatoms. The van der Waals surface area contributed by atoms with E-state index < -0.39 is 8.32 Å². The molecule has 146 valence electrons. The van der Waals surface area contributed by atoms with Crippen LogP contribution in [0.5, 0.6) is 0 Å². The standard InChI is InChI=1S/C20H39NO3Si/c1-20(2,3)25(4,5)24-18(16-9-7-6-8-10-16)13-14-21-17(15-22)11-12-19(21)23/h16-18,22H,6-15H2,1-5H3/t17-,18+/m1/s1. The molecule has 2 rings (SSSR count). The van der Waals surface area contributed by atoms with E-state index in [-0.39, 0.29) is 29.7 Å². The Kier molecular flexibility index (Phi) is 7.14. The van der Waals surface area contributed by atoms with Crippen LogP contribution >= 0.6 is 0 Å². The van der Waals surface area contributed by atoms with Crippen molar-refractivity contribution in [1.29, 1.82) is 0 Å². The number of amides is 1. The fraction of sp³-hybridized carbons (Fsp3) is 0.950. The third-order valence-electron chi connectivity index (χ3n) is 6.75. The lowest BCUT2D eigenvalue weighted by Crippen LogP contribution is -2.47. The summed E-state index contributed by atoms with van der Waals surface area (Å²) in [4.78, 5) is 14.1. The number of rotatable bonds is 7. The van der Waals surface area contributed by atoms with Gasteiger partial charge in [0.15, 0.2) is 8.32 Å². The summed E-state index contributed by atoms with van der Waals surface area (Å²) in [6, 6.07) is 0.0207. The molecule has 1 aliphatic heterocycles. The summed E-state index contributed by atoms with van der Waals surface area (Å²) in [5.74, 6) is 0.835. The summed E-state index contributed by atoms with van der Waals surface area (Å²) in [5.41, 5.74) is 0. The van der Waals surface area contributed by atoms with Crippen LogP contribution in [0.1, 0.15) is 72.1 Å². The monoisotopic (exact) mass is 369 g/mol. The van der Waals surface area contributed by atoms with Crippen LogP contribution in [0.2, 0.25) is 18.1 Å². The fourth-order valence-corrected chi connectivity index (χ4v) is 5.43. The largest absolute Gasteiger partial charge is 0.414 e. The lowest BCUT2D eigenvalue weighted by molar-refractivity contribution is -0.129. The van der Waals surface area contributed by atoms with E-state index in [4.69, 9.17) is 4.43 Å². The molecular weight excluding hydrogens is 330 g/mol. The lowest BCUT2D eigenvalue weighted by Gasteiger charge is -2.43. The SMILES string of the molecule is CC(C)(C)[Si](C)(C)O[C@@H](CCN1C(=O)CC[C@@H]1CO)C1CCCCC1. The van der Waals surface area contributed by atoms with Gasteiger partial charge in [0, 0.05) is 19.1 Å². The summed E-state index contributed by atoms with van der Waals surface area (Å²) in [6.07, 6.45) is 9.05. The van der Waals surface area contributed by atoms with Crippen LogP contribution in [-0.4, -0.2) is 49.5 Å². The molecule has 1 saturated heterocycles. The van der Waals surface area contributed by atoms with E-state index in [0.717, 1.165) is 19.4 Å². The predicted molar refractivity (Wildman–Crippen MR) is 105 cm³/mol. The zero-order chi connectivity index (χ0) is 18.7. The van der Waals surface area contributed by atoms with Gasteiger partial charge in [0.05, 0.1) is 12.6 Å². The van der Waals surface area contributed by atoms with E-state index in [1.807, 2.05) is 4.90 Å². The Balaban J connectivity index is 2.05. The molecule has 0 spiro atoms. The average molecular weight is 370 g/mol. The molecule has 2 atom stereocenters. The Morgan fingerprint density at radius 1 is 1.20 bits per heavy atom. The Morgan fingerprint density at radius 3 is 2.40 bits per heavy atom. The molecular formula is C20H39NO3Si. The minimum absolute atomic E-state index is 0.0207. The van der Waals surface area contributed by atoms with Crippen LogP contribution in [0.3, 0.4) is 0 Å². The first kappa shape index (κ1) is 20.9. The molecule has 4 nitrogen and oxygen atoms in total. The van der Waals surface area contributed by atoms with Crippen LogP contribution in [0.25, 0.3) is 0 Å². The number of hydrogen-bond acceptors (Lipinski definition) is 3. The molecule has 0 unspecified atom stereocenters. The quantitative estimate of drug-likeness (QED) is 0.680. The van der Waals surface area contributed by atoms with Crippen LogP contribution < -0.4 is 0 Å². The first-order valence-corrected chi connectivity index (χ1v) is 13.1. The van der Waals surface area contributed by atoms with Crippen molar-refractivity contribution in [3.05, 3.63) is 0 Å². The third-order valence-corrected chi connectivity index (χ3v) is 11.2.